The van der Waals surface area contributed by atoms with Crippen molar-refractivity contribution in [3.63, 3.8) is 0 Å². The summed E-state index contributed by atoms with van der Waals surface area (Å²) in [6, 6.07) is 17.4. The van der Waals surface area contributed by atoms with Gasteiger partial charge < -0.3 is 0 Å². The molecule has 3 aromatic rings. The maximum absolute atomic E-state index is 4.52. The number of rotatable bonds is 4. The summed E-state index contributed by atoms with van der Waals surface area (Å²) in [4.78, 5) is 3.79. The van der Waals surface area contributed by atoms with E-state index in [2.05, 4.69) is 96.0 Å². The molecule has 5 nitrogen and oxygen atoms in total. The molecular formula is C22H27N5S. The molecule has 146 valence electrons. The molecule has 0 spiro atoms. The summed E-state index contributed by atoms with van der Waals surface area (Å²) < 4.78 is 1.98. The smallest absolute Gasteiger partial charge is 0.173 e. The lowest BCUT2D eigenvalue weighted by atomic mass is 9.95. The van der Waals surface area contributed by atoms with E-state index in [0.717, 1.165) is 25.3 Å². The lowest BCUT2D eigenvalue weighted by molar-refractivity contribution is 0.184. The second-order valence-corrected chi connectivity index (χ2v) is 9.10. The predicted molar refractivity (Wildman–Crippen MR) is 113 cm³/mol. The molecule has 4 rings (SSSR count). The monoisotopic (exact) mass is 393 g/mol. The van der Waals surface area contributed by atoms with Crippen LogP contribution >= 0.6 is 11.8 Å². The third kappa shape index (κ3) is 3.59. The van der Waals surface area contributed by atoms with Crippen LogP contribution in [0, 0.1) is 0 Å². The van der Waals surface area contributed by atoms with Crippen LogP contribution in [0.25, 0.3) is 0 Å². The molecule has 0 saturated heterocycles. The minimum Gasteiger partial charge on any atom is -0.285 e. The molecule has 1 aromatic heterocycles. The van der Waals surface area contributed by atoms with Crippen LogP contribution in [0.1, 0.15) is 49.3 Å². The molecule has 0 bridgehead atoms. The van der Waals surface area contributed by atoms with Gasteiger partial charge in [0.2, 0.25) is 0 Å². The van der Waals surface area contributed by atoms with E-state index in [1.54, 1.807) is 11.8 Å². The topological polar surface area (TPSA) is 46.8 Å². The van der Waals surface area contributed by atoms with Crippen LogP contribution < -0.4 is 0 Å². The third-order valence-corrected chi connectivity index (χ3v) is 6.14. The van der Waals surface area contributed by atoms with E-state index in [1.807, 2.05) is 4.68 Å². The van der Waals surface area contributed by atoms with Crippen molar-refractivity contribution >= 4 is 11.8 Å². The molecule has 1 atom stereocenters. The molecule has 28 heavy (non-hydrogen) atoms. The average Bonchev–Trinajstić information content (AvgIpc) is 3.18. The van der Waals surface area contributed by atoms with Crippen molar-refractivity contribution in [2.24, 2.45) is 0 Å². The Bertz CT molecular complexity index is 959. The Balaban J connectivity index is 1.83. The van der Waals surface area contributed by atoms with Gasteiger partial charge in [-0.2, -0.15) is 0 Å². The van der Waals surface area contributed by atoms with Gasteiger partial charge in [0.1, 0.15) is 0 Å². The molecule has 1 aliphatic heterocycles. The number of thioether (sulfide) groups is 1. The van der Waals surface area contributed by atoms with Crippen molar-refractivity contribution < 1.29 is 0 Å². The Labute approximate surface area is 171 Å². The summed E-state index contributed by atoms with van der Waals surface area (Å²) in [6.45, 7) is 8.34. The number of benzene rings is 2. The minimum atomic E-state index is -0.181. The molecular weight excluding hydrogens is 366 g/mol. The zero-order valence-corrected chi connectivity index (χ0v) is 17.8. The standard InChI is InChI=1S/C22H27N5S/c1-22(2,3)27-21(23-24-25-27)20(18-11-7-8-12-19(18)28-4)26-14-13-16-9-5-6-10-17(16)15-26/h5-12,20H,13-15H2,1-4H3. The van der Waals surface area contributed by atoms with Crippen molar-refractivity contribution in [3.05, 3.63) is 71.0 Å². The maximum Gasteiger partial charge on any atom is 0.173 e. The summed E-state index contributed by atoms with van der Waals surface area (Å²) in [5.74, 6) is 0.911. The average molecular weight is 394 g/mol. The highest BCUT2D eigenvalue weighted by Crippen LogP contribution is 2.37. The number of tetrazole rings is 1. The first kappa shape index (κ1) is 19.2. The Hall–Kier alpha value is -2.18. The molecule has 1 aliphatic rings. The van der Waals surface area contributed by atoms with Crippen molar-refractivity contribution in [1.29, 1.82) is 0 Å². The van der Waals surface area contributed by atoms with Crippen LogP contribution in [-0.2, 0) is 18.5 Å². The molecule has 0 aliphatic carbocycles. The molecule has 0 radical (unpaired) electrons. The summed E-state index contributed by atoms with van der Waals surface area (Å²) in [5, 5.41) is 12.9. The van der Waals surface area contributed by atoms with Crippen molar-refractivity contribution in [1.82, 2.24) is 25.1 Å². The zero-order chi connectivity index (χ0) is 19.7. The normalized spacial score (nSPS) is 16.0. The van der Waals surface area contributed by atoms with E-state index in [9.17, 15) is 0 Å². The van der Waals surface area contributed by atoms with Gasteiger partial charge in [-0.1, -0.05) is 42.5 Å². The largest absolute Gasteiger partial charge is 0.285 e. The zero-order valence-electron chi connectivity index (χ0n) is 17.0. The number of hydrogen-bond acceptors (Lipinski definition) is 5. The first-order chi connectivity index (χ1) is 13.5. The Morgan fingerprint density at radius 3 is 2.46 bits per heavy atom. The highest BCUT2D eigenvalue weighted by Gasteiger charge is 2.34. The summed E-state index contributed by atoms with van der Waals surface area (Å²) in [7, 11) is 0. The molecule has 0 fully saturated rings. The molecule has 2 heterocycles. The molecule has 0 amide bonds. The Kier molecular flexibility index (Phi) is 5.25. The summed E-state index contributed by atoms with van der Waals surface area (Å²) in [6.07, 6.45) is 3.18. The number of nitrogens with zero attached hydrogens (tertiary/aromatic N) is 5. The Morgan fingerprint density at radius 2 is 1.71 bits per heavy atom. The van der Waals surface area contributed by atoms with Gasteiger partial charge in [0, 0.05) is 18.0 Å². The van der Waals surface area contributed by atoms with Gasteiger partial charge in [0.05, 0.1) is 11.6 Å². The van der Waals surface area contributed by atoms with Crippen LogP contribution in [0.4, 0.5) is 0 Å². The van der Waals surface area contributed by atoms with E-state index in [4.69, 9.17) is 0 Å². The second kappa shape index (κ2) is 7.68. The lowest BCUT2D eigenvalue weighted by Crippen LogP contribution is -2.38. The van der Waals surface area contributed by atoms with Gasteiger partial charge in [0.15, 0.2) is 5.82 Å². The van der Waals surface area contributed by atoms with E-state index in [0.29, 0.717) is 0 Å². The first-order valence-corrected chi connectivity index (χ1v) is 10.9. The van der Waals surface area contributed by atoms with Crippen LogP contribution in [0.3, 0.4) is 0 Å². The minimum absolute atomic E-state index is 0.0197. The maximum atomic E-state index is 4.52. The van der Waals surface area contributed by atoms with Gasteiger partial charge in [-0.25, -0.2) is 4.68 Å². The van der Waals surface area contributed by atoms with Crippen molar-refractivity contribution in [2.75, 3.05) is 12.8 Å². The van der Waals surface area contributed by atoms with Gasteiger partial charge in [-0.05, 0) is 66.6 Å². The fourth-order valence-corrected chi connectivity index (χ4v) is 4.60. The van der Waals surface area contributed by atoms with Gasteiger partial charge >= 0.3 is 0 Å². The molecule has 6 heteroatoms. The fraction of sp³-hybridized carbons (Fsp3) is 0.409. The van der Waals surface area contributed by atoms with Crippen molar-refractivity contribution in [2.45, 2.75) is 50.2 Å². The Morgan fingerprint density at radius 1 is 1.00 bits per heavy atom. The first-order valence-electron chi connectivity index (χ1n) is 9.71. The summed E-state index contributed by atoms with van der Waals surface area (Å²) in [5.41, 5.74) is 3.94. The second-order valence-electron chi connectivity index (χ2n) is 8.25. The van der Waals surface area contributed by atoms with Crippen LogP contribution in [-0.4, -0.2) is 37.9 Å². The van der Waals surface area contributed by atoms with Gasteiger partial charge in [0.25, 0.3) is 0 Å². The van der Waals surface area contributed by atoms with Crippen LogP contribution in [0.15, 0.2) is 53.4 Å². The highest BCUT2D eigenvalue weighted by molar-refractivity contribution is 7.98. The van der Waals surface area contributed by atoms with E-state index >= 15 is 0 Å². The molecule has 0 N–H and O–H groups in total. The highest BCUT2D eigenvalue weighted by atomic mass is 32.2. The van der Waals surface area contributed by atoms with Crippen LogP contribution in [0.5, 0.6) is 0 Å². The quantitative estimate of drug-likeness (QED) is 0.619. The fourth-order valence-electron chi connectivity index (χ4n) is 3.97. The van der Waals surface area contributed by atoms with Gasteiger partial charge in [-0.15, -0.1) is 16.9 Å². The van der Waals surface area contributed by atoms with E-state index in [-0.39, 0.29) is 11.6 Å². The van der Waals surface area contributed by atoms with Crippen molar-refractivity contribution in [3.8, 4) is 0 Å². The summed E-state index contributed by atoms with van der Waals surface area (Å²) >= 11 is 1.78. The van der Waals surface area contributed by atoms with Gasteiger partial charge in [-0.3, -0.25) is 4.90 Å². The lowest BCUT2D eigenvalue weighted by Gasteiger charge is -2.36. The van der Waals surface area contributed by atoms with E-state index in [1.165, 1.54) is 21.6 Å². The molecule has 0 saturated carbocycles. The third-order valence-electron chi connectivity index (χ3n) is 5.33. The molecule has 1 unspecified atom stereocenters. The predicted octanol–water partition coefficient (Wildman–Crippen LogP) is 4.30. The number of aromatic nitrogens is 4. The van der Waals surface area contributed by atoms with E-state index < -0.39 is 0 Å². The SMILES string of the molecule is CSc1ccccc1C(c1nnnn1C(C)(C)C)N1CCc2ccccc2C1. The molecule has 2 aromatic carbocycles. The number of hydrogen-bond donors (Lipinski definition) is 0. The number of fused-ring (bicyclic) bond motifs is 1. The van der Waals surface area contributed by atoms with Crippen LogP contribution in [0.2, 0.25) is 0 Å².